The van der Waals surface area contributed by atoms with E-state index in [-0.39, 0.29) is 22.7 Å². The molecule has 7 rings (SSSR count). The van der Waals surface area contributed by atoms with Crippen molar-refractivity contribution in [3.8, 4) is 33.9 Å². The maximum absolute atomic E-state index is 16.0. The summed E-state index contributed by atoms with van der Waals surface area (Å²) in [7, 11) is 0. The lowest BCUT2D eigenvalue weighted by molar-refractivity contribution is 0.102. The standard InChI is InChI=1S/C28H17FN8O2/c29-22-21-20(13-32-23(22)17-10-18(12-30-11-17)33-28(38)15-4-2-1-3-5-15)36-37-25(21)27-34-24-19(16-7-9-39-14-16)6-8-31-26(24)35-27/h1-14H,(H,33,38)(H,36,37)(H,31,34,35). The third-order valence-electron chi connectivity index (χ3n) is 6.29. The number of aromatic nitrogens is 7. The van der Waals surface area contributed by atoms with Crippen molar-refractivity contribution in [2.24, 2.45) is 0 Å². The van der Waals surface area contributed by atoms with Gasteiger partial charge in [0.1, 0.15) is 16.9 Å². The summed E-state index contributed by atoms with van der Waals surface area (Å²) in [6.45, 7) is 0. The molecular weight excluding hydrogens is 499 g/mol. The Balaban J connectivity index is 1.29. The fraction of sp³-hybridized carbons (Fsp3) is 0. The van der Waals surface area contributed by atoms with Crippen LogP contribution in [0.25, 0.3) is 56.0 Å². The van der Waals surface area contributed by atoms with Gasteiger partial charge in [-0.25, -0.2) is 14.4 Å². The SMILES string of the molecule is O=C(Nc1cncc(-c2ncc3[nH]nc(-c4nc5c(-c6ccoc6)ccnc5[nH]4)c3c2F)c1)c1ccccc1. The van der Waals surface area contributed by atoms with Crippen molar-refractivity contribution < 1.29 is 13.6 Å². The summed E-state index contributed by atoms with van der Waals surface area (Å²) in [6, 6.07) is 14.1. The van der Waals surface area contributed by atoms with E-state index in [0.717, 1.165) is 11.1 Å². The molecule has 0 saturated heterocycles. The van der Waals surface area contributed by atoms with E-state index >= 15 is 4.39 Å². The van der Waals surface area contributed by atoms with Gasteiger partial charge in [0.25, 0.3) is 5.91 Å². The summed E-state index contributed by atoms with van der Waals surface area (Å²) >= 11 is 0. The Labute approximate surface area is 219 Å². The minimum atomic E-state index is -0.604. The predicted octanol–water partition coefficient (Wildman–Crippen LogP) is 5.61. The highest BCUT2D eigenvalue weighted by molar-refractivity contribution is 6.04. The molecule has 11 heteroatoms. The average molecular weight is 516 g/mol. The highest BCUT2D eigenvalue weighted by Crippen LogP contribution is 2.34. The number of amides is 1. The van der Waals surface area contributed by atoms with Gasteiger partial charge >= 0.3 is 0 Å². The number of aromatic amines is 2. The van der Waals surface area contributed by atoms with Crippen molar-refractivity contribution in [3.63, 3.8) is 0 Å². The Morgan fingerprint density at radius 2 is 1.87 bits per heavy atom. The first kappa shape index (κ1) is 22.5. The molecule has 0 aliphatic carbocycles. The Bertz CT molecular complexity index is 1980. The van der Waals surface area contributed by atoms with Crippen LogP contribution in [-0.4, -0.2) is 41.0 Å². The summed E-state index contributed by atoms with van der Waals surface area (Å²) in [5.74, 6) is -0.561. The second kappa shape index (κ2) is 8.99. The molecule has 0 saturated carbocycles. The number of furan rings is 1. The summed E-state index contributed by atoms with van der Waals surface area (Å²) in [4.78, 5) is 33.3. The predicted molar refractivity (Wildman–Crippen MR) is 142 cm³/mol. The third-order valence-corrected chi connectivity index (χ3v) is 6.29. The van der Waals surface area contributed by atoms with Crippen LogP contribution < -0.4 is 5.32 Å². The van der Waals surface area contributed by atoms with Crippen LogP contribution in [0.15, 0.2) is 90.3 Å². The lowest BCUT2D eigenvalue weighted by atomic mass is 10.1. The van der Waals surface area contributed by atoms with Crippen molar-refractivity contribution in [2.45, 2.75) is 0 Å². The highest BCUT2D eigenvalue weighted by Gasteiger charge is 2.22. The molecule has 0 aliphatic heterocycles. The number of imidazole rings is 1. The van der Waals surface area contributed by atoms with E-state index in [2.05, 4.69) is 35.5 Å². The summed E-state index contributed by atoms with van der Waals surface area (Å²) in [5.41, 5.74) is 4.82. The number of nitrogens with zero attached hydrogens (tertiary/aromatic N) is 5. The molecule has 1 amide bonds. The monoisotopic (exact) mass is 516 g/mol. The van der Waals surface area contributed by atoms with Crippen LogP contribution >= 0.6 is 0 Å². The lowest BCUT2D eigenvalue weighted by Gasteiger charge is -2.08. The minimum absolute atomic E-state index is 0.0572. The molecule has 188 valence electrons. The molecule has 0 bridgehead atoms. The van der Waals surface area contributed by atoms with Gasteiger partial charge in [-0.15, -0.1) is 0 Å². The van der Waals surface area contributed by atoms with E-state index in [1.807, 2.05) is 18.2 Å². The zero-order valence-corrected chi connectivity index (χ0v) is 20.0. The van der Waals surface area contributed by atoms with E-state index in [1.165, 1.54) is 18.6 Å². The molecule has 39 heavy (non-hydrogen) atoms. The summed E-state index contributed by atoms with van der Waals surface area (Å²) < 4.78 is 21.3. The molecule has 0 aliphatic rings. The number of carbonyl (C=O) groups is 1. The Morgan fingerprint density at radius 1 is 0.974 bits per heavy atom. The molecule has 6 aromatic heterocycles. The van der Waals surface area contributed by atoms with Gasteiger partial charge in [0.15, 0.2) is 17.3 Å². The van der Waals surface area contributed by atoms with Gasteiger partial charge in [0, 0.05) is 34.6 Å². The maximum atomic E-state index is 16.0. The van der Waals surface area contributed by atoms with Gasteiger partial charge in [-0.05, 0) is 30.3 Å². The number of hydrogen-bond acceptors (Lipinski definition) is 7. The van der Waals surface area contributed by atoms with Crippen molar-refractivity contribution in [1.82, 2.24) is 35.1 Å². The van der Waals surface area contributed by atoms with Crippen molar-refractivity contribution >= 4 is 33.7 Å². The molecule has 6 heterocycles. The van der Waals surface area contributed by atoms with Crippen LogP contribution in [0.5, 0.6) is 0 Å². The van der Waals surface area contributed by atoms with Gasteiger partial charge in [-0.1, -0.05) is 18.2 Å². The summed E-state index contributed by atoms with van der Waals surface area (Å²) in [5, 5.41) is 10.2. The quantitative estimate of drug-likeness (QED) is 0.270. The Hall–Kier alpha value is -5.71. The average Bonchev–Trinajstić information content (AvgIpc) is 3.73. The second-order valence-corrected chi connectivity index (χ2v) is 8.72. The van der Waals surface area contributed by atoms with Crippen molar-refractivity contribution in [1.29, 1.82) is 0 Å². The molecule has 0 atom stereocenters. The third kappa shape index (κ3) is 3.89. The molecule has 1 aromatic carbocycles. The molecule has 0 fully saturated rings. The number of H-pyrrole nitrogens is 2. The molecular formula is C28H17FN8O2. The maximum Gasteiger partial charge on any atom is 0.255 e. The Morgan fingerprint density at radius 3 is 2.72 bits per heavy atom. The molecule has 0 spiro atoms. The number of benzene rings is 1. The summed E-state index contributed by atoms with van der Waals surface area (Å²) in [6.07, 6.45) is 9.33. The number of halogens is 1. The highest BCUT2D eigenvalue weighted by atomic mass is 19.1. The van der Waals surface area contributed by atoms with Crippen LogP contribution in [-0.2, 0) is 0 Å². The topological polar surface area (TPSA) is 138 Å². The van der Waals surface area contributed by atoms with Gasteiger partial charge in [0.2, 0.25) is 0 Å². The molecule has 0 unspecified atom stereocenters. The zero-order valence-electron chi connectivity index (χ0n) is 20.0. The van der Waals surface area contributed by atoms with E-state index < -0.39 is 5.82 Å². The second-order valence-electron chi connectivity index (χ2n) is 8.72. The molecule has 3 N–H and O–H groups in total. The number of anilines is 1. The van der Waals surface area contributed by atoms with Crippen LogP contribution in [0.2, 0.25) is 0 Å². The smallest absolute Gasteiger partial charge is 0.255 e. The molecule has 7 aromatic rings. The first-order valence-corrected chi connectivity index (χ1v) is 11.9. The largest absolute Gasteiger partial charge is 0.472 e. The van der Waals surface area contributed by atoms with Crippen LogP contribution in [0.3, 0.4) is 0 Å². The first-order valence-electron chi connectivity index (χ1n) is 11.9. The fourth-order valence-electron chi connectivity index (χ4n) is 4.45. The zero-order chi connectivity index (χ0) is 26.3. The van der Waals surface area contributed by atoms with Crippen molar-refractivity contribution in [3.05, 3.63) is 97.2 Å². The number of nitrogens with one attached hydrogen (secondary N) is 3. The first-order chi connectivity index (χ1) is 19.2. The van der Waals surface area contributed by atoms with Crippen LogP contribution in [0.1, 0.15) is 10.4 Å². The van der Waals surface area contributed by atoms with Gasteiger partial charge < -0.3 is 14.7 Å². The van der Waals surface area contributed by atoms with E-state index in [9.17, 15) is 4.79 Å². The molecule has 0 radical (unpaired) electrons. The van der Waals surface area contributed by atoms with Crippen molar-refractivity contribution in [2.75, 3.05) is 5.32 Å². The Kier molecular flexibility index (Phi) is 5.18. The lowest BCUT2D eigenvalue weighted by Crippen LogP contribution is -2.11. The fourth-order valence-corrected chi connectivity index (χ4v) is 4.45. The number of carbonyl (C=O) groups excluding carboxylic acids is 1. The number of fused-ring (bicyclic) bond motifs is 2. The number of pyridine rings is 3. The van der Waals surface area contributed by atoms with E-state index in [4.69, 9.17) is 9.40 Å². The van der Waals surface area contributed by atoms with Gasteiger partial charge in [0.05, 0.1) is 41.5 Å². The van der Waals surface area contributed by atoms with Gasteiger partial charge in [-0.2, -0.15) is 5.10 Å². The minimum Gasteiger partial charge on any atom is -0.472 e. The van der Waals surface area contributed by atoms with Gasteiger partial charge in [-0.3, -0.25) is 19.9 Å². The van der Waals surface area contributed by atoms with Crippen LogP contribution in [0, 0.1) is 5.82 Å². The van der Waals surface area contributed by atoms with E-state index in [0.29, 0.717) is 39.3 Å². The van der Waals surface area contributed by atoms with E-state index in [1.54, 1.807) is 49.1 Å². The molecule has 10 nitrogen and oxygen atoms in total. The van der Waals surface area contributed by atoms with Crippen LogP contribution in [0.4, 0.5) is 10.1 Å². The number of hydrogen-bond donors (Lipinski definition) is 3. The number of rotatable bonds is 5. The normalized spacial score (nSPS) is 11.3.